The number of hydrogen-bond donors (Lipinski definition) is 8. The molecule has 0 saturated heterocycles. The van der Waals surface area contributed by atoms with Crippen molar-refractivity contribution < 1.29 is 54.0 Å². The standard InChI is InChI=1S/C40H56N6O11/c1-6-7-8-9-10-11-12-13-33(50)45(4)30(22-47)38(54)42-23(2)36(52)41-21-34(51)46(5)35-26-15-17-32(49)28(20-26)27-18-25(14-16-31(27)48)19-29(40(56)57)44-37(53)24(3)43-39(35)55/h14-18,20,23-24,29-30,35,47-49H,6-13,19,21-22H2,1-5H3,(H,41,52)(H,42,54)(H,43,55)(H,44,53)(H,56,57)/t23-,24+,29+,30-,35+/m1/s1. The van der Waals surface area contributed by atoms with Gasteiger partial charge in [-0.3, -0.25) is 28.8 Å². The second kappa shape index (κ2) is 21.6. The number of aromatic hydroxyl groups is 2. The van der Waals surface area contributed by atoms with Crippen LogP contribution in [0.1, 0.15) is 89.3 Å². The quantitative estimate of drug-likeness (QED) is 0.106. The summed E-state index contributed by atoms with van der Waals surface area (Å²) in [6.45, 7) is 3.49. The topological polar surface area (TPSA) is 255 Å². The number of benzene rings is 2. The Morgan fingerprint density at radius 3 is 2.09 bits per heavy atom. The summed E-state index contributed by atoms with van der Waals surface area (Å²) in [5.41, 5.74) is 0.721. The third-order valence-electron chi connectivity index (χ3n) is 10.0. The van der Waals surface area contributed by atoms with Crippen molar-refractivity contribution in [3.8, 4) is 22.6 Å². The molecule has 0 aliphatic carbocycles. The van der Waals surface area contributed by atoms with Crippen LogP contribution in [0.25, 0.3) is 11.1 Å². The van der Waals surface area contributed by atoms with E-state index < -0.39 is 78.9 Å². The van der Waals surface area contributed by atoms with E-state index in [2.05, 4.69) is 28.2 Å². The molecule has 2 aromatic rings. The zero-order chi connectivity index (χ0) is 42.4. The molecule has 0 unspecified atom stereocenters. The number of aliphatic hydroxyl groups is 1. The third-order valence-corrected chi connectivity index (χ3v) is 10.0. The van der Waals surface area contributed by atoms with Gasteiger partial charge in [-0.2, -0.15) is 0 Å². The Labute approximate surface area is 332 Å². The molecule has 5 atom stereocenters. The lowest BCUT2D eigenvalue weighted by molar-refractivity contribution is -0.143. The largest absolute Gasteiger partial charge is 0.507 e. The minimum atomic E-state index is -1.47. The molecular weight excluding hydrogens is 740 g/mol. The van der Waals surface area contributed by atoms with E-state index >= 15 is 0 Å². The van der Waals surface area contributed by atoms with Crippen molar-refractivity contribution in [1.29, 1.82) is 0 Å². The number of nitrogens with one attached hydrogen (secondary N) is 4. The maximum atomic E-state index is 13.8. The maximum Gasteiger partial charge on any atom is 0.326 e. The van der Waals surface area contributed by atoms with Crippen LogP contribution in [-0.2, 0) is 40.0 Å². The number of unbranched alkanes of at least 4 members (excludes halogenated alkanes) is 6. The fourth-order valence-corrected chi connectivity index (χ4v) is 6.43. The number of hydrogen-bond acceptors (Lipinski definition) is 10. The first-order valence-electron chi connectivity index (χ1n) is 19.2. The molecule has 1 aliphatic rings. The molecular formula is C40H56N6O11. The van der Waals surface area contributed by atoms with Crippen molar-refractivity contribution in [3.63, 3.8) is 0 Å². The molecule has 4 bridgehead atoms. The summed E-state index contributed by atoms with van der Waals surface area (Å²) < 4.78 is 0. The number of rotatable bonds is 17. The zero-order valence-electron chi connectivity index (χ0n) is 33.2. The number of carboxylic acids is 1. The second-order valence-corrected chi connectivity index (χ2v) is 14.4. The van der Waals surface area contributed by atoms with Gasteiger partial charge in [0, 0.05) is 38.1 Å². The molecule has 17 heteroatoms. The lowest BCUT2D eigenvalue weighted by Gasteiger charge is -2.30. The monoisotopic (exact) mass is 796 g/mol. The number of fused-ring (bicyclic) bond motifs is 5. The van der Waals surface area contributed by atoms with Gasteiger partial charge in [-0.1, -0.05) is 57.6 Å². The predicted octanol–water partition coefficient (Wildman–Crippen LogP) is 1.48. The summed E-state index contributed by atoms with van der Waals surface area (Å²) >= 11 is 0. The molecule has 8 N–H and O–H groups in total. The maximum absolute atomic E-state index is 13.8. The van der Waals surface area contributed by atoms with Crippen LogP contribution in [0.5, 0.6) is 11.5 Å². The lowest BCUT2D eigenvalue weighted by Crippen LogP contribution is -2.55. The Morgan fingerprint density at radius 2 is 1.46 bits per heavy atom. The number of carbonyl (C=O) groups is 7. The van der Waals surface area contributed by atoms with Gasteiger partial charge < -0.3 is 51.5 Å². The number of phenols is 2. The van der Waals surface area contributed by atoms with Crippen LogP contribution < -0.4 is 21.3 Å². The van der Waals surface area contributed by atoms with E-state index in [0.29, 0.717) is 12.0 Å². The third kappa shape index (κ3) is 12.6. The van der Waals surface area contributed by atoms with Gasteiger partial charge in [-0.15, -0.1) is 0 Å². The Kier molecular flexibility index (Phi) is 17.3. The van der Waals surface area contributed by atoms with Crippen molar-refractivity contribution in [3.05, 3.63) is 47.5 Å². The van der Waals surface area contributed by atoms with E-state index in [1.54, 1.807) is 0 Å². The van der Waals surface area contributed by atoms with E-state index in [1.807, 2.05) is 0 Å². The molecule has 17 nitrogen and oxygen atoms in total. The fourth-order valence-electron chi connectivity index (χ4n) is 6.43. The number of likely N-dealkylation sites (N-methyl/N-ethyl adjacent to an activating group) is 2. The Bertz CT molecular complexity index is 1790. The average molecular weight is 797 g/mol. The molecule has 0 aromatic heterocycles. The normalized spacial score (nSPS) is 17.8. The van der Waals surface area contributed by atoms with Crippen molar-refractivity contribution in [2.45, 2.75) is 109 Å². The first-order chi connectivity index (χ1) is 27.0. The molecule has 3 rings (SSSR count). The molecule has 0 radical (unpaired) electrons. The summed E-state index contributed by atoms with van der Waals surface area (Å²) in [4.78, 5) is 93.4. The summed E-state index contributed by atoms with van der Waals surface area (Å²) in [5, 5.41) is 51.1. The number of carbonyl (C=O) groups excluding carboxylic acids is 6. The second-order valence-electron chi connectivity index (χ2n) is 14.4. The molecule has 2 aromatic carbocycles. The summed E-state index contributed by atoms with van der Waals surface area (Å²) in [5.74, 6) is -6.26. The SMILES string of the molecule is CCCCCCCCCC(=O)N(C)[C@H](CO)C(=O)N[C@H](C)C(=O)NCC(=O)N(C)[C@@H]1C(=O)N[C@@H](C)C(=O)N[C@H](C(=O)O)Cc2ccc(O)c(c2)-c2cc1ccc2O. The number of carboxylic acid groups (broad SMARTS) is 1. The van der Waals surface area contributed by atoms with Gasteiger partial charge in [0.25, 0.3) is 0 Å². The molecule has 57 heavy (non-hydrogen) atoms. The molecule has 6 amide bonds. The van der Waals surface area contributed by atoms with Crippen LogP contribution in [0.3, 0.4) is 0 Å². The number of phenolic OH excluding ortho intramolecular Hbond substituents is 2. The molecule has 0 fully saturated rings. The van der Waals surface area contributed by atoms with E-state index in [9.17, 15) is 54.0 Å². The fraction of sp³-hybridized carbons (Fsp3) is 0.525. The Hall–Kier alpha value is -5.71. The Morgan fingerprint density at radius 1 is 0.842 bits per heavy atom. The summed E-state index contributed by atoms with van der Waals surface area (Å²) in [6, 6.07) is 1.62. The van der Waals surface area contributed by atoms with Gasteiger partial charge in [-0.05, 0) is 55.7 Å². The summed E-state index contributed by atoms with van der Waals surface area (Å²) in [7, 11) is 2.68. The van der Waals surface area contributed by atoms with E-state index in [0.717, 1.165) is 41.9 Å². The zero-order valence-corrected chi connectivity index (χ0v) is 33.2. The highest BCUT2D eigenvalue weighted by atomic mass is 16.4. The van der Waals surface area contributed by atoms with Crippen LogP contribution in [0.2, 0.25) is 0 Å². The molecule has 0 spiro atoms. The highest BCUT2D eigenvalue weighted by molar-refractivity contribution is 5.96. The number of aliphatic hydroxyl groups excluding tert-OH is 1. The van der Waals surface area contributed by atoms with Crippen molar-refractivity contribution in [2.24, 2.45) is 0 Å². The van der Waals surface area contributed by atoms with Crippen molar-refractivity contribution >= 4 is 41.4 Å². The number of nitrogens with zero attached hydrogens (tertiary/aromatic N) is 2. The minimum absolute atomic E-state index is 0.0655. The Balaban J connectivity index is 1.75. The van der Waals surface area contributed by atoms with Gasteiger partial charge in [0.1, 0.15) is 41.7 Å². The molecule has 1 aliphatic heterocycles. The van der Waals surface area contributed by atoms with Gasteiger partial charge in [-0.25, -0.2) is 4.79 Å². The highest BCUT2D eigenvalue weighted by Crippen LogP contribution is 2.38. The first kappa shape index (κ1) is 45.7. The number of amides is 6. The predicted molar refractivity (Wildman–Crippen MR) is 208 cm³/mol. The van der Waals surface area contributed by atoms with Crippen LogP contribution in [0, 0.1) is 0 Å². The van der Waals surface area contributed by atoms with E-state index in [4.69, 9.17) is 0 Å². The highest BCUT2D eigenvalue weighted by Gasteiger charge is 2.34. The molecule has 312 valence electrons. The minimum Gasteiger partial charge on any atom is -0.507 e. The smallest absolute Gasteiger partial charge is 0.326 e. The van der Waals surface area contributed by atoms with Crippen LogP contribution in [0.15, 0.2) is 36.4 Å². The van der Waals surface area contributed by atoms with Gasteiger partial charge >= 0.3 is 5.97 Å². The van der Waals surface area contributed by atoms with Crippen LogP contribution >= 0.6 is 0 Å². The van der Waals surface area contributed by atoms with Crippen molar-refractivity contribution in [1.82, 2.24) is 31.1 Å². The summed E-state index contributed by atoms with van der Waals surface area (Å²) in [6.07, 6.45) is 7.10. The van der Waals surface area contributed by atoms with Gasteiger partial charge in [0.05, 0.1) is 13.2 Å². The van der Waals surface area contributed by atoms with Gasteiger partial charge in [0.2, 0.25) is 35.4 Å². The molecule has 0 saturated carbocycles. The number of aliphatic carboxylic acids is 1. The lowest BCUT2D eigenvalue weighted by atomic mass is 9.94. The van der Waals surface area contributed by atoms with Crippen molar-refractivity contribution in [2.75, 3.05) is 27.2 Å². The van der Waals surface area contributed by atoms with Crippen LogP contribution in [-0.4, -0.2) is 123 Å². The first-order valence-corrected chi connectivity index (χ1v) is 19.2. The van der Waals surface area contributed by atoms with E-state index in [-0.39, 0.29) is 46.9 Å². The van der Waals surface area contributed by atoms with E-state index in [1.165, 1.54) is 70.8 Å². The average Bonchev–Trinajstić information content (AvgIpc) is 3.17. The van der Waals surface area contributed by atoms with Gasteiger partial charge in [0.15, 0.2) is 0 Å². The molecule has 1 heterocycles. The van der Waals surface area contributed by atoms with Crippen LogP contribution in [0.4, 0.5) is 0 Å².